The van der Waals surface area contributed by atoms with Crippen LogP contribution in [-0.4, -0.2) is 50.0 Å². The van der Waals surface area contributed by atoms with Gasteiger partial charge in [-0.15, -0.1) is 0 Å². The van der Waals surface area contributed by atoms with Gasteiger partial charge >= 0.3 is 0 Å². The third-order valence-corrected chi connectivity index (χ3v) is 8.06. The molecule has 0 aliphatic heterocycles. The predicted molar refractivity (Wildman–Crippen MR) is 140 cm³/mol. The van der Waals surface area contributed by atoms with Crippen LogP contribution in [0.5, 0.6) is 0 Å². The number of hydrogen-bond acceptors (Lipinski definition) is 4. The summed E-state index contributed by atoms with van der Waals surface area (Å²) in [5, 5.41) is 3.98. The molecule has 10 heteroatoms. The lowest BCUT2D eigenvalue weighted by molar-refractivity contribution is -0.139. The van der Waals surface area contributed by atoms with Gasteiger partial charge in [0.1, 0.15) is 12.6 Å². The smallest absolute Gasteiger partial charge is 0.244 e. The van der Waals surface area contributed by atoms with E-state index in [4.69, 9.17) is 23.2 Å². The van der Waals surface area contributed by atoms with E-state index in [-0.39, 0.29) is 24.2 Å². The van der Waals surface area contributed by atoms with Gasteiger partial charge in [0.2, 0.25) is 21.8 Å². The van der Waals surface area contributed by atoms with Gasteiger partial charge in [0.15, 0.2) is 0 Å². The SMILES string of the molecule is Cc1ccc(N(CC(=O)N(Cc2ccc(Cl)cc2)[C@H](C)C(=O)NC2CCCC2)S(C)(=O)=O)cc1Cl. The Labute approximate surface area is 217 Å². The van der Waals surface area contributed by atoms with Crippen LogP contribution in [0.2, 0.25) is 10.0 Å². The number of rotatable bonds is 9. The van der Waals surface area contributed by atoms with E-state index in [2.05, 4.69) is 5.32 Å². The minimum atomic E-state index is -3.81. The highest BCUT2D eigenvalue weighted by Crippen LogP contribution is 2.25. The highest BCUT2D eigenvalue weighted by molar-refractivity contribution is 7.92. The molecular weight excluding hydrogens is 509 g/mol. The number of nitrogens with zero attached hydrogens (tertiary/aromatic N) is 2. The molecule has 35 heavy (non-hydrogen) atoms. The van der Waals surface area contributed by atoms with Crippen molar-refractivity contribution < 1.29 is 18.0 Å². The molecule has 0 bridgehead atoms. The summed E-state index contributed by atoms with van der Waals surface area (Å²) in [5.74, 6) is -0.764. The summed E-state index contributed by atoms with van der Waals surface area (Å²) in [6, 6.07) is 11.1. The lowest BCUT2D eigenvalue weighted by atomic mass is 10.1. The van der Waals surface area contributed by atoms with E-state index in [0.717, 1.165) is 47.4 Å². The molecule has 1 aliphatic rings. The van der Waals surface area contributed by atoms with Crippen LogP contribution in [0.4, 0.5) is 5.69 Å². The summed E-state index contributed by atoms with van der Waals surface area (Å²) in [7, 11) is -3.81. The number of aryl methyl sites for hydroxylation is 1. The molecular formula is C25H31Cl2N3O4S. The van der Waals surface area contributed by atoms with Crippen molar-refractivity contribution in [3.05, 3.63) is 63.6 Å². The van der Waals surface area contributed by atoms with E-state index in [1.54, 1.807) is 50.2 Å². The highest BCUT2D eigenvalue weighted by Gasteiger charge is 2.31. The van der Waals surface area contributed by atoms with Crippen LogP contribution in [-0.2, 0) is 26.2 Å². The molecule has 7 nitrogen and oxygen atoms in total. The molecule has 0 aromatic heterocycles. The second-order valence-corrected chi connectivity index (χ2v) is 11.8. The molecule has 2 aromatic rings. The average molecular weight is 541 g/mol. The molecule has 1 fully saturated rings. The fraction of sp³-hybridized carbons (Fsp3) is 0.440. The molecule has 0 spiro atoms. The Morgan fingerprint density at radius 1 is 1.09 bits per heavy atom. The van der Waals surface area contributed by atoms with E-state index < -0.39 is 28.5 Å². The second kappa shape index (κ2) is 11.6. The Morgan fingerprint density at radius 3 is 2.29 bits per heavy atom. The molecule has 0 heterocycles. The van der Waals surface area contributed by atoms with Crippen molar-refractivity contribution in [1.29, 1.82) is 0 Å². The topological polar surface area (TPSA) is 86.8 Å². The van der Waals surface area contributed by atoms with E-state index in [0.29, 0.717) is 10.0 Å². The maximum Gasteiger partial charge on any atom is 0.244 e. The Morgan fingerprint density at radius 2 is 1.71 bits per heavy atom. The molecule has 2 amide bonds. The normalized spacial score (nSPS) is 15.0. The van der Waals surface area contributed by atoms with Crippen LogP contribution in [0.25, 0.3) is 0 Å². The van der Waals surface area contributed by atoms with E-state index >= 15 is 0 Å². The van der Waals surface area contributed by atoms with Crippen molar-refractivity contribution >= 4 is 50.7 Å². The summed E-state index contributed by atoms with van der Waals surface area (Å²) in [6.07, 6.45) is 5.00. The standard InChI is InChI=1S/C25H31Cl2N3O4S/c1-17-8-13-22(14-23(17)27)30(35(3,33)34)16-24(31)29(15-19-9-11-20(26)12-10-19)18(2)25(32)28-21-6-4-5-7-21/h8-14,18,21H,4-7,15-16H2,1-3H3,(H,28,32)/t18-/m1/s1. The first-order chi connectivity index (χ1) is 16.5. The Hall–Kier alpha value is -2.29. The van der Waals surface area contributed by atoms with Gasteiger partial charge in [-0.2, -0.15) is 0 Å². The quantitative estimate of drug-likeness (QED) is 0.506. The zero-order chi connectivity index (χ0) is 25.8. The number of amides is 2. The number of anilines is 1. The number of benzene rings is 2. The fourth-order valence-electron chi connectivity index (χ4n) is 4.11. The van der Waals surface area contributed by atoms with Crippen molar-refractivity contribution in [2.24, 2.45) is 0 Å². The number of sulfonamides is 1. The number of nitrogens with one attached hydrogen (secondary N) is 1. The van der Waals surface area contributed by atoms with E-state index in [1.165, 1.54) is 11.0 Å². The summed E-state index contributed by atoms with van der Waals surface area (Å²) in [4.78, 5) is 28.0. The first-order valence-electron chi connectivity index (χ1n) is 11.5. The maximum atomic E-state index is 13.6. The molecule has 1 N–H and O–H groups in total. The first kappa shape index (κ1) is 27.3. The summed E-state index contributed by atoms with van der Waals surface area (Å²) < 4.78 is 26.3. The third-order valence-electron chi connectivity index (χ3n) is 6.26. The third kappa shape index (κ3) is 7.35. The van der Waals surface area contributed by atoms with Crippen molar-refractivity contribution in [3.8, 4) is 0 Å². The molecule has 0 radical (unpaired) electrons. The van der Waals surface area contributed by atoms with Crippen LogP contribution >= 0.6 is 23.2 Å². The first-order valence-corrected chi connectivity index (χ1v) is 14.1. The van der Waals surface area contributed by atoms with Crippen LogP contribution in [0, 0.1) is 6.92 Å². The number of carbonyl (C=O) groups is 2. The van der Waals surface area contributed by atoms with Crippen LogP contribution in [0.3, 0.4) is 0 Å². The maximum absolute atomic E-state index is 13.6. The molecule has 190 valence electrons. The lowest BCUT2D eigenvalue weighted by Gasteiger charge is -2.32. The molecule has 1 saturated carbocycles. The summed E-state index contributed by atoms with van der Waals surface area (Å²) >= 11 is 12.2. The van der Waals surface area contributed by atoms with Crippen molar-refractivity contribution in [3.63, 3.8) is 0 Å². The van der Waals surface area contributed by atoms with Crippen LogP contribution < -0.4 is 9.62 Å². The lowest BCUT2D eigenvalue weighted by Crippen LogP contribution is -2.52. The molecule has 3 rings (SSSR count). The number of carbonyl (C=O) groups excluding carboxylic acids is 2. The number of hydrogen-bond donors (Lipinski definition) is 1. The van der Waals surface area contributed by atoms with Crippen molar-refractivity contribution in [1.82, 2.24) is 10.2 Å². The van der Waals surface area contributed by atoms with Gasteiger partial charge < -0.3 is 10.2 Å². The largest absolute Gasteiger partial charge is 0.352 e. The zero-order valence-electron chi connectivity index (χ0n) is 20.1. The van der Waals surface area contributed by atoms with Gasteiger partial charge in [-0.25, -0.2) is 8.42 Å². The van der Waals surface area contributed by atoms with Gasteiger partial charge in [-0.1, -0.05) is 54.2 Å². The van der Waals surface area contributed by atoms with Gasteiger partial charge in [0.25, 0.3) is 0 Å². The second-order valence-electron chi connectivity index (χ2n) is 9.02. The number of halogens is 2. The molecule has 1 atom stereocenters. The molecule has 1 aliphatic carbocycles. The zero-order valence-corrected chi connectivity index (χ0v) is 22.5. The molecule has 2 aromatic carbocycles. The predicted octanol–water partition coefficient (Wildman–Crippen LogP) is 4.54. The Kier molecular flexibility index (Phi) is 9.07. The molecule has 0 saturated heterocycles. The van der Waals surface area contributed by atoms with Crippen LogP contribution in [0.15, 0.2) is 42.5 Å². The van der Waals surface area contributed by atoms with Gasteiger partial charge in [0, 0.05) is 22.6 Å². The van der Waals surface area contributed by atoms with E-state index in [1.807, 2.05) is 0 Å². The van der Waals surface area contributed by atoms with Crippen molar-refractivity contribution in [2.75, 3.05) is 17.1 Å². The Bertz CT molecular complexity index is 1170. The minimum absolute atomic E-state index is 0.0969. The van der Waals surface area contributed by atoms with Gasteiger partial charge in [0.05, 0.1) is 11.9 Å². The summed E-state index contributed by atoms with van der Waals surface area (Å²) in [6.45, 7) is 3.13. The fourth-order valence-corrected chi connectivity index (χ4v) is 5.25. The van der Waals surface area contributed by atoms with Crippen molar-refractivity contribution in [2.45, 2.75) is 58.2 Å². The van der Waals surface area contributed by atoms with E-state index in [9.17, 15) is 18.0 Å². The molecule has 0 unspecified atom stereocenters. The monoisotopic (exact) mass is 539 g/mol. The van der Waals surface area contributed by atoms with Gasteiger partial charge in [-0.3, -0.25) is 13.9 Å². The summed E-state index contributed by atoms with van der Waals surface area (Å²) in [5.41, 5.74) is 1.84. The van der Waals surface area contributed by atoms with Gasteiger partial charge in [-0.05, 0) is 62.1 Å². The highest BCUT2D eigenvalue weighted by atomic mass is 35.5. The van der Waals surface area contributed by atoms with Crippen LogP contribution in [0.1, 0.15) is 43.7 Å². The Balaban J connectivity index is 1.88. The average Bonchev–Trinajstić information content (AvgIpc) is 3.30. The minimum Gasteiger partial charge on any atom is -0.352 e.